The molecule has 152 valence electrons. The van der Waals surface area contributed by atoms with E-state index in [2.05, 4.69) is 40.6 Å². The molecule has 1 heterocycles. The first kappa shape index (κ1) is 19.2. The number of nitrogens with one attached hydrogen (secondary N) is 2. The molecule has 2 N–H and O–H groups in total. The zero-order chi connectivity index (χ0) is 21.1. The molecule has 0 radical (unpaired) electrons. The molecule has 0 aliphatic heterocycles. The largest absolute Gasteiger partial charge is 0.272 e. The molecule has 0 spiro atoms. The van der Waals surface area contributed by atoms with Crippen LogP contribution in [-0.4, -0.2) is 21.8 Å². The van der Waals surface area contributed by atoms with Crippen LogP contribution in [-0.2, 0) is 10.2 Å². The van der Waals surface area contributed by atoms with Crippen LogP contribution in [0.3, 0.4) is 0 Å². The van der Waals surface area contributed by atoms with Crippen molar-refractivity contribution in [3.8, 4) is 0 Å². The lowest BCUT2D eigenvalue weighted by atomic mass is 9.68. The fourth-order valence-electron chi connectivity index (χ4n) is 5.22. The molecule has 2 bridgehead atoms. The average Bonchev–Trinajstić information content (AvgIpc) is 3.12. The van der Waals surface area contributed by atoms with Crippen molar-refractivity contribution in [1.29, 1.82) is 0 Å². The number of halogens is 1. The van der Waals surface area contributed by atoms with Gasteiger partial charge in [0.25, 0.3) is 11.8 Å². The minimum atomic E-state index is -0.822. The Balaban J connectivity index is 1.48. The van der Waals surface area contributed by atoms with Crippen LogP contribution in [0.1, 0.15) is 54.4 Å². The lowest BCUT2D eigenvalue weighted by molar-refractivity contribution is -0.130. The van der Waals surface area contributed by atoms with Crippen molar-refractivity contribution in [2.45, 2.75) is 38.0 Å². The minimum Gasteiger partial charge on any atom is -0.272 e. The number of hydrazine groups is 1. The number of hydrogen-bond acceptors (Lipinski definition) is 4. The standard InChI is InChI=1S/C23H21BrN4O2/c1-22(2)15-11-12-23(22,19-18(15)25-16-5-3-4-6-17(16)26-19)21(30)28-27-20(29)13-7-9-14(24)10-8-13/h3-10,15H,11-12H2,1-2H3,(H,27,29)(H,28,30). The van der Waals surface area contributed by atoms with Gasteiger partial charge in [0.2, 0.25) is 0 Å². The number of nitrogens with zero attached hydrogens (tertiary/aromatic N) is 2. The van der Waals surface area contributed by atoms with E-state index < -0.39 is 5.41 Å². The van der Waals surface area contributed by atoms with E-state index >= 15 is 0 Å². The van der Waals surface area contributed by atoms with Gasteiger partial charge in [0, 0.05) is 16.0 Å². The second-order valence-corrected chi connectivity index (χ2v) is 9.50. The van der Waals surface area contributed by atoms with Crippen molar-refractivity contribution < 1.29 is 9.59 Å². The van der Waals surface area contributed by atoms with Crippen molar-refractivity contribution >= 4 is 38.8 Å². The Labute approximate surface area is 182 Å². The average molecular weight is 465 g/mol. The molecule has 2 aliphatic carbocycles. The number of aromatic nitrogens is 2. The van der Waals surface area contributed by atoms with Gasteiger partial charge in [-0.3, -0.25) is 20.4 Å². The number of benzene rings is 2. The van der Waals surface area contributed by atoms with Gasteiger partial charge in [0.05, 0.1) is 22.4 Å². The molecule has 1 fully saturated rings. The third-order valence-corrected chi connectivity index (χ3v) is 7.42. The van der Waals surface area contributed by atoms with Crippen LogP contribution in [0.5, 0.6) is 0 Å². The van der Waals surface area contributed by atoms with E-state index in [-0.39, 0.29) is 23.1 Å². The summed E-state index contributed by atoms with van der Waals surface area (Å²) < 4.78 is 0.883. The molecule has 1 aromatic heterocycles. The van der Waals surface area contributed by atoms with Crippen LogP contribution >= 0.6 is 15.9 Å². The van der Waals surface area contributed by atoms with Crippen molar-refractivity contribution in [3.05, 3.63) is 70.0 Å². The molecule has 30 heavy (non-hydrogen) atoms. The first-order valence-electron chi connectivity index (χ1n) is 9.98. The lowest BCUT2D eigenvalue weighted by Crippen LogP contribution is -2.54. The highest BCUT2D eigenvalue weighted by molar-refractivity contribution is 9.10. The van der Waals surface area contributed by atoms with Crippen molar-refractivity contribution in [3.63, 3.8) is 0 Å². The summed E-state index contributed by atoms with van der Waals surface area (Å²) in [6.45, 7) is 4.21. The van der Waals surface area contributed by atoms with Crippen LogP contribution in [0.4, 0.5) is 0 Å². The zero-order valence-electron chi connectivity index (χ0n) is 16.7. The smallest absolute Gasteiger partial charge is 0.269 e. The predicted octanol–water partition coefficient (Wildman–Crippen LogP) is 4.01. The third-order valence-electron chi connectivity index (χ3n) is 6.89. The van der Waals surface area contributed by atoms with Gasteiger partial charge in [-0.2, -0.15) is 0 Å². The van der Waals surface area contributed by atoms with E-state index in [4.69, 9.17) is 9.97 Å². The van der Waals surface area contributed by atoms with Crippen molar-refractivity contribution in [1.82, 2.24) is 20.8 Å². The molecule has 7 heteroatoms. The Kier molecular flexibility index (Phi) is 4.22. The van der Waals surface area contributed by atoms with Gasteiger partial charge in [-0.25, -0.2) is 9.97 Å². The highest BCUT2D eigenvalue weighted by Gasteiger charge is 2.68. The highest BCUT2D eigenvalue weighted by Crippen LogP contribution is 2.67. The molecule has 0 saturated heterocycles. The van der Waals surface area contributed by atoms with Gasteiger partial charge in [-0.15, -0.1) is 0 Å². The molecule has 2 aromatic carbocycles. The summed E-state index contributed by atoms with van der Waals surface area (Å²) in [5.41, 5.74) is 7.85. The summed E-state index contributed by atoms with van der Waals surface area (Å²) in [5.74, 6) is -0.427. The molecular formula is C23H21BrN4O2. The van der Waals surface area contributed by atoms with Crippen LogP contribution in [0.25, 0.3) is 11.0 Å². The molecule has 6 nitrogen and oxygen atoms in total. The lowest BCUT2D eigenvalue weighted by Gasteiger charge is -2.36. The molecule has 2 unspecified atom stereocenters. The van der Waals surface area contributed by atoms with E-state index in [9.17, 15) is 9.59 Å². The zero-order valence-corrected chi connectivity index (χ0v) is 18.3. The summed E-state index contributed by atoms with van der Waals surface area (Å²) in [6, 6.07) is 14.7. The summed E-state index contributed by atoms with van der Waals surface area (Å²) in [4.78, 5) is 35.8. The van der Waals surface area contributed by atoms with E-state index in [1.165, 1.54) is 0 Å². The Morgan fingerprint density at radius 2 is 1.67 bits per heavy atom. The van der Waals surface area contributed by atoms with Gasteiger partial charge >= 0.3 is 0 Å². The van der Waals surface area contributed by atoms with Crippen LogP contribution < -0.4 is 10.9 Å². The van der Waals surface area contributed by atoms with Gasteiger partial charge in [0.1, 0.15) is 5.41 Å². The fourth-order valence-corrected chi connectivity index (χ4v) is 5.49. The second-order valence-electron chi connectivity index (χ2n) is 8.58. The number of fused-ring (bicyclic) bond motifs is 6. The van der Waals surface area contributed by atoms with Crippen LogP contribution in [0.2, 0.25) is 0 Å². The summed E-state index contributed by atoms with van der Waals surface area (Å²) >= 11 is 3.35. The number of amides is 2. The first-order chi connectivity index (χ1) is 14.3. The molecular weight excluding hydrogens is 444 g/mol. The highest BCUT2D eigenvalue weighted by atomic mass is 79.9. The van der Waals surface area contributed by atoms with Gasteiger partial charge in [-0.1, -0.05) is 41.9 Å². The predicted molar refractivity (Wildman–Crippen MR) is 117 cm³/mol. The Morgan fingerprint density at radius 3 is 2.37 bits per heavy atom. The summed E-state index contributed by atoms with van der Waals surface area (Å²) in [5, 5.41) is 0. The third kappa shape index (κ3) is 2.54. The summed E-state index contributed by atoms with van der Waals surface area (Å²) in [6.07, 6.45) is 1.56. The number of rotatable bonds is 2. The van der Waals surface area contributed by atoms with Crippen molar-refractivity contribution in [2.24, 2.45) is 5.41 Å². The molecule has 2 atom stereocenters. The maximum Gasteiger partial charge on any atom is 0.269 e. The monoisotopic (exact) mass is 464 g/mol. The molecule has 3 aromatic rings. The van der Waals surface area contributed by atoms with Crippen molar-refractivity contribution in [2.75, 3.05) is 0 Å². The van der Waals surface area contributed by atoms with Crippen LogP contribution in [0.15, 0.2) is 53.0 Å². The first-order valence-corrected chi connectivity index (χ1v) is 10.8. The number of hydrogen-bond donors (Lipinski definition) is 2. The Morgan fingerprint density at radius 1 is 1.00 bits per heavy atom. The normalized spacial score (nSPS) is 23.2. The number of carbonyl (C=O) groups excluding carboxylic acids is 2. The molecule has 5 rings (SSSR count). The molecule has 2 amide bonds. The topological polar surface area (TPSA) is 84.0 Å². The summed E-state index contributed by atoms with van der Waals surface area (Å²) in [7, 11) is 0. The quantitative estimate of drug-likeness (QED) is 0.561. The Bertz CT molecular complexity index is 1190. The SMILES string of the molecule is CC1(C)C2CCC1(C(=O)NNC(=O)c1ccc(Br)cc1)c1nc3ccccc3nc12. The minimum absolute atomic E-state index is 0.164. The molecule has 2 aliphatic rings. The Hall–Kier alpha value is -2.80. The van der Waals surface area contributed by atoms with Gasteiger partial charge in [-0.05, 0) is 54.7 Å². The van der Waals surface area contributed by atoms with Gasteiger partial charge in [0.15, 0.2) is 0 Å². The molecule has 1 saturated carbocycles. The maximum atomic E-state index is 13.5. The van der Waals surface area contributed by atoms with Gasteiger partial charge < -0.3 is 0 Å². The fraction of sp³-hybridized carbons (Fsp3) is 0.304. The van der Waals surface area contributed by atoms with E-state index in [0.29, 0.717) is 12.0 Å². The van der Waals surface area contributed by atoms with E-state index in [0.717, 1.165) is 33.3 Å². The number of carbonyl (C=O) groups is 2. The number of para-hydroxylation sites is 2. The van der Waals surface area contributed by atoms with E-state index in [1.54, 1.807) is 24.3 Å². The second kappa shape index (κ2) is 6.60. The van der Waals surface area contributed by atoms with Crippen LogP contribution in [0, 0.1) is 5.41 Å². The van der Waals surface area contributed by atoms with E-state index in [1.807, 2.05) is 24.3 Å². The maximum absolute atomic E-state index is 13.5.